The molecule has 1 aliphatic carbocycles. The highest BCUT2D eigenvalue weighted by Crippen LogP contribution is 2.37. The summed E-state index contributed by atoms with van der Waals surface area (Å²) in [5, 5.41) is 14.8. The maximum atomic E-state index is 11.2. The monoisotopic (exact) mass is 330 g/mol. The van der Waals surface area contributed by atoms with E-state index in [0.29, 0.717) is 6.54 Å². The maximum Gasteiger partial charge on any atom is 0.103 e. The average molecular weight is 330 g/mol. The minimum absolute atomic E-state index is 0.0287. The van der Waals surface area contributed by atoms with Crippen LogP contribution in [0.3, 0.4) is 0 Å². The lowest BCUT2D eigenvalue weighted by molar-refractivity contribution is 0.0369. The molecular formula is C22H22N2O. The molecule has 1 heterocycles. The summed E-state index contributed by atoms with van der Waals surface area (Å²) < 4.78 is 0. The van der Waals surface area contributed by atoms with Gasteiger partial charge >= 0.3 is 0 Å². The van der Waals surface area contributed by atoms with Gasteiger partial charge in [0.1, 0.15) is 5.60 Å². The fourth-order valence-corrected chi connectivity index (χ4v) is 3.75. The highest BCUT2D eigenvalue weighted by atomic mass is 16.3. The Hall–Kier alpha value is -2.49. The fraction of sp³-hybridized carbons (Fsp3) is 0.227. The number of hydrogen-bond acceptors (Lipinski definition) is 3. The van der Waals surface area contributed by atoms with Crippen LogP contribution in [0.15, 0.2) is 79.1 Å². The minimum Gasteiger partial charge on any atom is -0.384 e. The molecule has 0 bridgehead atoms. The van der Waals surface area contributed by atoms with Crippen LogP contribution in [-0.4, -0.2) is 16.6 Å². The molecule has 0 spiro atoms. The van der Waals surface area contributed by atoms with Gasteiger partial charge in [0.25, 0.3) is 0 Å². The zero-order valence-electron chi connectivity index (χ0n) is 14.1. The molecule has 2 unspecified atom stereocenters. The van der Waals surface area contributed by atoms with E-state index in [1.54, 1.807) is 0 Å². The van der Waals surface area contributed by atoms with Gasteiger partial charge in [-0.2, -0.15) is 0 Å². The predicted octanol–water partition coefficient (Wildman–Crippen LogP) is 3.59. The number of benzene rings is 2. The standard InChI is InChI=1S/C22H22N2O/c25-22(13-10-17-6-4-5-9-20(17)22)16-24-21(18-7-2-1-3-8-18)19-11-14-23-15-12-19/h1-9,11-12,14-15,21,24-25H,10,13,16H2. The van der Waals surface area contributed by atoms with Crippen molar-refractivity contribution in [1.29, 1.82) is 0 Å². The van der Waals surface area contributed by atoms with Gasteiger partial charge in [0.2, 0.25) is 0 Å². The first-order valence-electron chi connectivity index (χ1n) is 8.75. The van der Waals surface area contributed by atoms with Gasteiger partial charge in [-0.05, 0) is 47.2 Å². The van der Waals surface area contributed by atoms with E-state index >= 15 is 0 Å². The minimum atomic E-state index is -0.809. The molecule has 0 fully saturated rings. The van der Waals surface area contributed by atoms with Crippen LogP contribution in [0, 0.1) is 0 Å². The second kappa shape index (κ2) is 6.79. The van der Waals surface area contributed by atoms with Crippen LogP contribution < -0.4 is 5.32 Å². The van der Waals surface area contributed by atoms with Crippen molar-refractivity contribution in [2.45, 2.75) is 24.5 Å². The highest BCUT2D eigenvalue weighted by Gasteiger charge is 2.36. The second-order valence-electron chi connectivity index (χ2n) is 6.69. The number of fused-ring (bicyclic) bond motifs is 1. The molecule has 1 aliphatic rings. The smallest absolute Gasteiger partial charge is 0.103 e. The molecule has 0 aliphatic heterocycles. The Kier molecular flexibility index (Phi) is 4.35. The van der Waals surface area contributed by atoms with Gasteiger partial charge < -0.3 is 10.4 Å². The molecule has 4 rings (SSSR count). The lowest BCUT2D eigenvalue weighted by atomic mass is 9.93. The average Bonchev–Trinajstić information content (AvgIpc) is 3.01. The second-order valence-corrected chi connectivity index (χ2v) is 6.69. The highest BCUT2D eigenvalue weighted by molar-refractivity contribution is 5.38. The summed E-state index contributed by atoms with van der Waals surface area (Å²) in [5.41, 5.74) is 3.84. The number of pyridine rings is 1. The maximum absolute atomic E-state index is 11.2. The van der Waals surface area contributed by atoms with Crippen molar-refractivity contribution in [3.8, 4) is 0 Å². The first-order chi connectivity index (χ1) is 12.3. The zero-order chi connectivity index (χ0) is 17.1. The molecule has 0 saturated carbocycles. The zero-order valence-corrected chi connectivity index (χ0v) is 14.1. The van der Waals surface area contributed by atoms with Gasteiger partial charge in [-0.25, -0.2) is 0 Å². The first kappa shape index (κ1) is 16.0. The van der Waals surface area contributed by atoms with Gasteiger partial charge in [-0.15, -0.1) is 0 Å². The Morgan fingerprint density at radius 1 is 0.920 bits per heavy atom. The third-order valence-corrected chi connectivity index (χ3v) is 5.10. The molecular weight excluding hydrogens is 308 g/mol. The lowest BCUT2D eigenvalue weighted by Gasteiger charge is -2.28. The van der Waals surface area contributed by atoms with Gasteiger partial charge in [0.15, 0.2) is 0 Å². The molecule has 3 heteroatoms. The Balaban J connectivity index is 1.60. The summed E-state index contributed by atoms with van der Waals surface area (Å²) in [4.78, 5) is 4.13. The molecule has 0 saturated heterocycles. The summed E-state index contributed by atoms with van der Waals surface area (Å²) in [6.45, 7) is 0.520. The van der Waals surface area contributed by atoms with Crippen molar-refractivity contribution in [2.24, 2.45) is 0 Å². The summed E-state index contributed by atoms with van der Waals surface area (Å²) in [6.07, 6.45) is 5.32. The Bertz CT molecular complexity index is 795. The van der Waals surface area contributed by atoms with Crippen LogP contribution in [0.25, 0.3) is 0 Å². The Morgan fingerprint density at radius 3 is 2.40 bits per heavy atom. The van der Waals surface area contributed by atoms with Crippen LogP contribution in [-0.2, 0) is 12.0 Å². The Morgan fingerprint density at radius 2 is 1.60 bits per heavy atom. The number of rotatable bonds is 5. The van der Waals surface area contributed by atoms with Crippen LogP contribution >= 0.6 is 0 Å². The van der Waals surface area contributed by atoms with Crippen molar-refractivity contribution in [3.63, 3.8) is 0 Å². The van der Waals surface area contributed by atoms with Crippen LogP contribution in [0.1, 0.15) is 34.7 Å². The molecule has 0 radical (unpaired) electrons. The van der Waals surface area contributed by atoms with Crippen molar-refractivity contribution in [2.75, 3.05) is 6.54 Å². The van der Waals surface area contributed by atoms with E-state index in [0.717, 1.165) is 24.0 Å². The van der Waals surface area contributed by atoms with E-state index in [4.69, 9.17) is 0 Å². The molecule has 2 atom stereocenters. The van der Waals surface area contributed by atoms with Crippen LogP contribution in [0.5, 0.6) is 0 Å². The van der Waals surface area contributed by atoms with Gasteiger partial charge in [-0.3, -0.25) is 4.98 Å². The lowest BCUT2D eigenvalue weighted by Crippen LogP contribution is -2.38. The summed E-state index contributed by atoms with van der Waals surface area (Å²) in [5.74, 6) is 0. The van der Waals surface area contributed by atoms with E-state index in [1.807, 2.05) is 60.9 Å². The fourth-order valence-electron chi connectivity index (χ4n) is 3.75. The SMILES string of the molecule is OC1(CNC(c2ccccc2)c2ccncc2)CCc2ccccc21. The third-order valence-electron chi connectivity index (χ3n) is 5.10. The van der Waals surface area contributed by atoms with Gasteiger partial charge in [0, 0.05) is 18.9 Å². The van der Waals surface area contributed by atoms with Gasteiger partial charge in [-0.1, -0.05) is 54.6 Å². The predicted molar refractivity (Wildman–Crippen MR) is 99.2 cm³/mol. The van der Waals surface area contributed by atoms with Gasteiger partial charge in [0.05, 0.1) is 6.04 Å². The van der Waals surface area contributed by atoms with E-state index in [1.165, 1.54) is 11.1 Å². The molecule has 126 valence electrons. The van der Waals surface area contributed by atoms with E-state index in [9.17, 15) is 5.11 Å². The summed E-state index contributed by atoms with van der Waals surface area (Å²) >= 11 is 0. The van der Waals surface area contributed by atoms with E-state index in [-0.39, 0.29) is 6.04 Å². The molecule has 25 heavy (non-hydrogen) atoms. The van der Waals surface area contributed by atoms with Crippen molar-refractivity contribution < 1.29 is 5.11 Å². The summed E-state index contributed by atoms with van der Waals surface area (Å²) in [6, 6.07) is 22.6. The number of nitrogens with one attached hydrogen (secondary N) is 1. The van der Waals surface area contributed by atoms with Crippen molar-refractivity contribution in [3.05, 3.63) is 101 Å². The first-order valence-corrected chi connectivity index (χ1v) is 8.75. The number of nitrogens with zero attached hydrogens (tertiary/aromatic N) is 1. The van der Waals surface area contributed by atoms with E-state index in [2.05, 4.69) is 28.5 Å². The molecule has 1 aromatic heterocycles. The molecule has 2 N–H and O–H groups in total. The third kappa shape index (κ3) is 3.21. The molecule has 2 aromatic carbocycles. The number of hydrogen-bond donors (Lipinski definition) is 2. The quantitative estimate of drug-likeness (QED) is 0.751. The molecule has 0 amide bonds. The molecule has 3 nitrogen and oxygen atoms in total. The number of aryl methyl sites for hydroxylation is 1. The summed E-state index contributed by atoms with van der Waals surface area (Å²) in [7, 11) is 0. The van der Waals surface area contributed by atoms with Crippen molar-refractivity contribution in [1.82, 2.24) is 10.3 Å². The normalized spacial score (nSPS) is 20.2. The number of aliphatic hydroxyl groups is 1. The number of aromatic nitrogens is 1. The topological polar surface area (TPSA) is 45.1 Å². The largest absolute Gasteiger partial charge is 0.384 e. The van der Waals surface area contributed by atoms with Crippen LogP contribution in [0.2, 0.25) is 0 Å². The molecule has 3 aromatic rings. The van der Waals surface area contributed by atoms with Crippen LogP contribution in [0.4, 0.5) is 0 Å². The van der Waals surface area contributed by atoms with Crippen molar-refractivity contribution >= 4 is 0 Å². The Labute approximate surface area is 148 Å². The van der Waals surface area contributed by atoms with E-state index < -0.39 is 5.60 Å².